The highest BCUT2D eigenvalue weighted by Crippen LogP contribution is 2.12. The molecule has 0 saturated carbocycles. The average molecular weight is 247 g/mol. The van der Waals surface area contributed by atoms with Gasteiger partial charge < -0.3 is 10.1 Å². The lowest BCUT2D eigenvalue weighted by Crippen LogP contribution is -2.05. The minimum Gasteiger partial charge on any atom is -0.503 e. The van der Waals surface area contributed by atoms with Crippen LogP contribution in [0.1, 0.15) is 16.7 Å². The van der Waals surface area contributed by atoms with Gasteiger partial charge in [0.15, 0.2) is 5.75 Å². The second-order valence-corrected chi connectivity index (χ2v) is 4.31. The Bertz CT molecular complexity index is 619. The topological polar surface area (TPSA) is 53.1 Å². The minimum absolute atomic E-state index is 0.208. The third kappa shape index (κ3) is 2.77. The molecule has 0 saturated heterocycles. The summed E-state index contributed by atoms with van der Waals surface area (Å²) in [5.74, 6) is -0.483. The average Bonchev–Trinajstić information content (AvgIpc) is 2.35. The third-order valence-corrected chi connectivity index (χ3v) is 2.87. The molecule has 2 aromatic rings. The Morgan fingerprint density at radius 3 is 2.61 bits per heavy atom. The van der Waals surface area contributed by atoms with Gasteiger partial charge in [-0.05, 0) is 48.6 Å². The number of rotatable bonds is 3. The van der Waals surface area contributed by atoms with Gasteiger partial charge in [0.1, 0.15) is 5.82 Å². The van der Waals surface area contributed by atoms with Crippen molar-refractivity contribution in [3.63, 3.8) is 0 Å². The van der Waals surface area contributed by atoms with Crippen LogP contribution in [0.25, 0.3) is 0 Å². The Labute approximate surface area is 104 Å². The van der Waals surface area contributed by atoms with E-state index < -0.39 is 5.56 Å². The molecule has 2 N–H and O–H groups in total. The van der Waals surface area contributed by atoms with E-state index in [-0.39, 0.29) is 11.6 Å². The zero-order valence-corrected chi connectivity index (χ0v) is 10.0. The van der Waals surface area contributed by atoms with E-state index in [0.29, 0.717) is 12.0 Å². The molecular weight excluding hydrogens is 233 g/mol. The van der Waals surface area contributed by atoms with Gasteiger partial charge in [-0.2, -0.15) is 0 Å². The van der Waals surface area contributed by atoms with Gasteiger partial charge in [0.2, 0.25) is 0 Å². The monoisotopic (exact) mass is 247 g/mol. The number of halogens is 1. The molecule has 0 aliphatic carbocycles. The summed E-state index contributed by atoms with van der Waals surface area (Å²) in [6.07, 6.45) is 2.99. The zero-order valence-electron chi connectivity index (χ0n) is 10.0. The molecule has 0 spiro atoms. The van der Waals surface area contributed by atoms with Gasteiger partial charge in [-0.3, -0.25) is 4.79 Å². The molecular formula is C14H14FNO2. The molecule has 1 heterocycles. The zero-order chi connectivity index (χ0) is 13.1. The largest absolute Gasteiger partial charge is 0.503 e. The maximum Gasteiger partial charge on any atom is 0.290 e. The second kappa shape index (κ2) is 5.04. The molecule has 0 unspecified atom stereocenters. The number of aromatic amines is 1. The first-order valence-corrected chi connectivity index (χ1v) is 5.72. The Hall–Kier alpha value is -2.10. The number of benzene rings is 1. The normalized spacial score (nSPS) is 10.6. The number of aryl methyl sites for hydroxylation is 3. The fourth-order valence-electron chi connectivity index (χ4n) is 1.81. The van der Waals surface area contributed by atoms with Gasteiger partial charge in [-0.1, -0.05) is 12.1 Å². The predicted octanol–water partition coefficient (Wildman–Crippen LogP) is 2.31. The van der Waals surface area contributed by atoms with E-state index in [4.69, 9.17) is 0 Å². The summed E-state index contributed by atoms with van der Waals surface area (Å²) in [6, 6.07) is 6.46. The fourth-order valence-corrected chi connectivity index (χ4v) is 1.81. The maximum atomic E-state index is 13.1. The summed E-state index contributed by atoms with van der Waals surface area (Å²) in [5, 5.41) is 9.28. The molecule has 2 rings (SSSR count). The number of hydrogen-bond acceptors (Lipinski definition) is 2. The number of nitrogens with one attached hydrogen (secondary N) is 1. The van der Waals surface area contributed by atoms with E-state index in [1.54, 1.807) is 25.3 Å². The van der Waals surface area contributed by atoms with Crippen LogP contribution >= 0.6 is 0 Å². The first-order chi connectivity index (χ1) is 8.56. The Morgan fingerprint density at radius 2 is 1.94 bits per heavy atom. The number of hydrogen-bond donors (Lipinski definition) is 2. The van der Waals surface area contributed by atoms with Crippen molar-refractivity contribution < 1.29 is 9.50 Å². The molecule has 0 bridgehead atoms. The smallest absolute Gasteiger partial charge is 0.290 e. The lowest BCUT2D eigenvalue weighted by Gasteiger charge is -2.04. The highest BCUT2D eigenvalue weighted by atomic mass is 19.1. The number of aromatic hydroxyl groups is 1. The SMILES string of the molecule is Cc1cc(CCc2c[nH]c(=O)c(O)c2)ccc1F. The van der Waals surface area contributed by atoms with Crippen molar-refractivity contribution in [2.75, 3.05) is 0 Å². The van der Waals surface area contributed by atoms with Crippen LogP contribution < -0.4 is 5.56 Å². The van der Waals surface area contributed by atoms with Crippen LogP contribution in [0.4, 0.5) is 4.39 Å². The highest BCUT2D eigenvalue weighted by molar-refractivity contribution is 5.27. The maximum absolute atomic E-state index is 13.1. The molecule has 18 heavy (non-hydrogen) atoms. The highest BCUT2D eigenvalue weighted by Gasteiger charge is 2.02. The van der Waals surface area contributed by atoms with Gasteiger partial charge in [0.05, 0.1) is 0 Å². The van der Waals surface area contributed by atoms with Crippen LogP contribution in [0.5, 0.6) is 5.75 Å². The molecule has 1 aromatic carbocycles. The fraction of sp³-hybridized carbons (Fsp3) is 0.214. The standard InChI is InChI=1S/C14H14FNO2/c1-9-6-10(4-5-12(9)15)2-3-11-7-13(17)14(18)16-8-11/h4-8,17H,2-3H2,1H3,(H,16,18). The quantitative estimate of drug-likeness (QED) is 0.874. The van der Waals surface area contributed by atoms with Crippen LogP contribution in [0.2, 0.25) is 0 Å². The van der Waals surface area contributed by atoms with Crippen LogP contribution in [-0.4, -0.2) is 10.1 Å². The molecule has 0 atom stereocenters. The third-order valence-electron chi connectivity index (χ3n) is 2.87. The summed E-state index contributed by atoms with van der Waals surface area (Å²) in [7, 11) is 0. The van der Waals surface area contributed by atoms with E-state index in [1.165, 1.54) is 12.1 Å². The lowest BCUT2D eigenvalue weighted by molar-refractivity contribution is 0.465. The van der Waals surface area contributed by atoms with E-state index in [2.05, 4.69) is 4.98 Å². The Balaban J connectivity index is 2.09. The summed E-state index contributed by atoms with van der Waals surface area (Å²) >= 11 is 0. The molecule has 0 radical (unpaired) electrons. The first-order valence-electron chi connectivity index (χ1n) is 5.72. The lowest BCUT2D eigenvalue weighted by atomic mass is 10.0. The summed E-state index contributed by atoms with van der Waals surface area (Å²) in [4.78, 5) is 13.4. The molecule has 3 nitrogen and oxygen atoms in total. The van der Waals surface area contributed by atoms with Crippen molar-refractivity contribution in [1.82, 2.24) is 4.98 Å². The predicted molar refractivity (Wildman–Crippen MR) is 67.3 cm³/mol. The Morgan fingerprint density at radius 1 is 1.22 bits per heavy atom. The number of pyridine rings is 1. The van der Waals surface area contributed by atoms with Gasteiger partial charge >= 0.3 is 0 Å². The van der Waals surface area contributed by atoms with Crippen molar-refractivity contribution in [3.8, 4) is 5.75 Å². The van der Waals surface area contributed by atoms with Crippen molar-refractivity contribution in [2.24, 2.45) is 0 Å². The second-order valence-electron chi connectivity index (χ2n) is 4.31. The molecule has 0 fully saturated rings. The van der Waals surface area contributed by atoms with E-state index in [1.807, 2.05) is 0 Å². The van der Waals surface area contributed by atoms with Crippen LogP contribution in [0.15, 0.2) is 35.3 Å². The molecule has 1 aromatic heterocycles. The molecule has 94 valence electrons. The first kappa shape index (κ1) is 12.4. The van der Waals surface area contributed by atoms with E-state index in [0.717, 1.165) is 17.5 Å². The molecule has 0 amide bonds. The van der Waals surface area contributed by atoms with Crippen molar-refractivity contribution in [2.45, 2.75) is 19.8 Å². The van der Waals surface area contributed by atoms with Crippen molar-refractivity contribution in [3.05, 3.63) is 63.3 Å². The summed E-state index contributed by atoms with van der Waals surface area (Å²) < 4.78 is 13.1. The Kier molecular flexibility index (Phi) is 3.46. The minimum atomic E-state index is -0.489. The molecule has 0 aliphatic rings. The van der Waals surface area contributed by atoms with Gasteiger partial charge in [-0.15, -0.1) is 0 Å². The van der Waals surface area contributed by atoms with Crippen LogP contribution in [-0.2, 0) is 12.8 Å². The van der Waals surface area contributed by atoms with Crippen molar-refractivity contribution >= 4 is 0 Å². The van der Waals surface area contributed by atoms with E-state index in [9.17, 15) is 14.3 Å². The van der Waals surface area contributed by atoms with Gasteiger partial charge in [0.25, 0.3) is 5.56 Å². The van der Waals surface area contributed by atoms with Gasteiger partial charge in [-0.25, -0.2) is 4.39 Å². The summed E-state index contributed by atoms with van der Waals surface area (Å²) in [6.45, 7) is 1.73. The molecule has 4 heteroatoms. The summed E-state index contributed by atoms with van der Waals surface area (Å²) in [5.41, 5.74) is 2.00. The van der Waals surface area contributed by atoms with Crippen LogP contribution in [0.3, 0.4) is 0 Å². The van der Waals surface area contributed by atoms with Gasteiger partial charge in [0, 0.05) is 6.20 Å². The van der Waals surface area contributed by atoms with Crippen LogP contribution in [0, 0.1) is 12.7 Å². The number of H-pyrrole nitrogens is 1. The van der Waals surface area contributed by atoms with E-state index >= 15 is 0 Å². The number of aromatic nitrogens is 1. The molecule has 0 aliphatic heterocycles. The van der Waals surface area contributed by atoms with Crippen molar-refractivity contribution in [1.29, 1.82) is 0 Å².